The SMILES string of the molecule is Cc1nc(C2(NC(=O)C3CC4CCCC(C3)C43SCCS3)CCCCC2)no1. The van der Waals surface area contributed by atoms with Crippen LogP contribution in [0.5, 0.6) is 0 Å². The van der Waals surface area contributed by atoms with Crippen LogP contribution in [0.4, 0.5) is 0 Å². The lowest BCUT2D eigenvalue weighted by Gasteiger charge is -2.52. The summed E-state index contributed by atoms with van der Waals surface area (Å²) < 4.78 is 5.69. The van der Waals surface area contributed by atoms with Crippen LogP contribution in [-0.2, 0) is 10.3 Å². The highest BCUT2D eigenvalue weighted by Crippen LogP contribution is 2.64. The number of hydrogen-bond donors (Lipinski definition) is 1. The highest BCUT2D eigenvalue weighted by atomic mass is 32.2. The average molecular weight is 422 g/mol. The Kier molecular flexibility index (Phi) is 5.19. The molecule has 1 aromatic heterocycles. The molecule has 1 saturated heterocycles. The van der Waals surface area contributed by atoms with Crippen molar-refractivity contribution in [3.63, 3.8) is 0 Å². The van der Waals surface area contributed by atoms with Crippen molar-refractivity contribution in [2.75, 3.05) is 11.5 Å². The van der Waals surface area contributed by atoms with Crippen molar-refractivity contribution < 1.29 is 9.32 Å². The molecule has 154 valence electrons. The van der Waals surface area contributed by atoms with E-state index in [2.05, 4.69) is 39.0 Å². The lowest BCUT2D eigenvalue weighted by Crippen LogP contribution is -2.54. The van der Waals surface area contributed by atoms with Gasteiger partial charge < -0.3 is 9.84 Å². The third kappa shape index (κ3) is 3.21. The largest absolute Gasteiger partial charge is 0.343 e. The number of nitrogens with zero attached hydrogens (tertiary/aromatic N) is 2. The van der Waals surface area contributed by atoms with Gasteiger partial charge >= 0.3 is 0 Å². The van der Waals surface area contributed by atoms with Gasteiger partial charge in [0.15, 0.2) is 5.82 Å². The Hall–Kier alpha value is -0.690. The molecule has 7 heteroatoms. The second kappa shape index (κ2) is 7.53. The van der Waals surface area contributed by atoms with Gasteiger partial charge in [-0.1, -0.05) is 30.8 Å². The molecule has 1 N–H and O–H groups in total. The molecule has 5 nitrogen and oxygen atoms in total. The smallest absolute Gasteiger partial charge is 0.223 e. The van der Waals surface area contributed by atoms with E-state index < -0.39 is 5.54 Å². The quantitative estimate of drug-likeness (QED) is 0.766. The van der Waals surface area contributed by atoms with Gasteiger partial charge in [0.05, 0.1) is 4.08 Å². The van der Waals surface area contributed by atoms with Gasteiger partial charge in [0.25, 0.3) is 0 Å². The molecule has 0 radical (unpaired) electrons. The van der Waals surface area contributed by atoms with Crippen molar-refractivity contribution in [2.24, 2.45) is 17.8 Å². The first-order valence-corrected chi connectivity index (χ1v) is 13.0. The number of aryl methyl sites for hydroxylation is 1. The predicted molar refractivity (Wildman–Crippen MR) is 113 cm³/mol. The summed E-state index contributed by atoms with van der Waals surface area (Å²) in [5.41, 5.74) is -0.422. The predicted octanol–water partition coefficient (Wildman–Crippen LogP) is 4.66. The molecule has 1 aromatic rings. The monoisotopic (exact) mass is 421 g/mol. The molecule has 4 aliphatic rings. The summed E-state index contributed by atoms with van der Waals surface area (Å²) in [4.78, 5) is 18.0. The van der Waals surface area contributed by atoms with Gasteiger partial charge in [0, 0.05) is 24.3 Å². The molecule has 1 aliphatic heterocycles. The minimum absolute atomic E-state index is 0.148. The van der Waals surface area contributed by atoms with Crippen molar-refractivity contribution >= 4 is 29.4 Å². The van der Waals surface area contributed by atoms with Gasteiger partial charge in [-0.15, -0.1) is 23.5 Å². The van der Waals surface area contributed by atoms with Crippen LogP contribution in [-0.4, -0.2) is 31.6 Å². The normalized spacial score (nSPS) is 33.7. The van der Waals surface area contributed by atoms with Gasteiger partial charge in [-0.3, -0.25) is 4.79 Å². The van der Waals surface area contributed by atoms with Crippen LogP contribution in [0, 0.1) is 24.7 Å². The molecule has 1 spiro atoms. The lowest BCUT2D eigenvalue weighted by molar-refractivity contribution is -0.130. The van der Waals surface area contributed by atoms with Crippen LogP contribution >= 0.6 is 23.5 Å². The van der Waals surface area contributed by atoms with Gasteiger partial charge in [-0.2, -0.15) is 4.98 Å². The number of thioether (sulfide) groups is 2. The Labute approximate surface area is 175 Å². The first-order valence-electron chi connectivity index (χ1n) is 11.0. The topological polar surface area (TPSA) is 68.0 Å². The molecule has 1 amide bonds. The van der Waals surface area contributed by atoms with Crippen molar-refractivity contribution in [1.82, 2.24) is 15.5 Å². The highest BCUT2D eigenvalue weighted by molar-refractivity contribution is 8.21. The molecular weight excluding hydrogens is 390 g/mol. The fourth-order valence-corrected chi connectivity index (χ4v) is 10.2. The zero-order valence-corrected chi connectivity index (χ0v) is 18.4. The number of aromatic nitrogens is 2. The first kappa shape index (κ1) is 19.3. The van der Waals surface area contributed by atoms with Gasteiger partial charge in [-0.05, 0) is 50.4 Å². The molecule has 4 fully saturated rings. The van der Waals surface area contributed by atoms with Crippen LogP contribution in [0.2, 0.25) is 0 Å². The third-order valence-corrected chi connectivity index (χ3v) is 11.5. The molecular formula is C21H31N3O2S2. The van der Waals surface area contributed by atoms with Crippen molar-refractivity contribution in [3.05, 3.63) is 11.7 Å². The van der Waals surface area contributed by atoms with Gasteiger partial charge in [0.2, 0.25) is 11.8 Å². The Bertz CT molecular complexity index is 709. The second-order valence-corrected chi connectivity index (χ2v) is 12.2. The van der Waals surface area contributed by atoms with E-state index in [0.717, 1.165) is 38.5 Å². The van der Waals surface area contributed by atoms with E-state index in [1.165, 1.54) is 37.2 Å². The van der Waals surface area contributed by atoms with E-state index in [1.54, 1.807) is 0 Å². The second-order valence-electron chi connectivity index (χ2n) is 9.18. The molecule has 2 atom stereocenters. The van der Waals surface area contributed by atoms with Crippen LogP contribution in [0.15, 0.2) is 4.52 Å². The van der Waals surface area contributed by atoms with Crippen LogP contribution in [0.25, 0.3) is 0 Å². The minimum Gasteiger partial charge on any atom is -0.343 e. The summed E-state index contributed by atoms with van der Waals surface area (Å²) in [6, 6.07) is 0. The molecule has 2 unspecified atom stereocenters. The van der Waals surface area contributed by atoms with Gasteiger partial charge in [0.1, 0.15) is 5.54 Å². The summed E-state index contributed by atoms with van der Waals surface area (Å²) in [5, 5.41) is 7.68. The number of rotatable bonds is 3. The summed E-state index contributed by atoms with van der Waals surface area (Å²) >= 11 is 4.41. The Morgan fingerprint density at radius 3 is 2.36 bits per heavy atom. The third-order valence-electron chi connectivity index (χ3n) is 7.52. The summed E-state index contributed by atoms with van der Waals surface area (Å²) in [6.07, 6.45) is 11.4. The van der Waals surface area contributed by atoms with E-state index in [-0.39, 0.29) is 11.8 Å². The number of carbonyl (C=O) groups is 1. The van der Waals surface area contributed by atoms with Gasteiger partial charge in [-0.25, -0.2) is 0 Å². The van der Waals surface area contributed by atoms with Crippen molar-refractivity contribution in [1.29, 1.82) is 0 Å². The molecule has 2 heterocycles. The Morgan fingerprint density at radius 1 is 1.07 bits per heavy atom. The fraction of sp³-hybridized carbons (Fsp3) is 0.857. The van der Waals surface area contributed by atoms with Crippen LogP contribution < -0.4 is 5.32 Å². The first-order chi connectivity index (χ1) is 13.6. The Morgan fingerprint density at radius 2 is 1.75 bits per heavy atom. The number of carbonyl (C=O) groups excluding carboxylic acids is 1. The maximum atomic E-state index is 13.5. The van der Waals surface area contributed by atoms with Crippen LogP contribution in [0.3, 0.4) is 0 Å². The molecule has 28 heavy (non-hydrogen) atoms. The molecule has 3 saturated carbocycles. The van der Waals surface area contributed by atoms with Crippen molar-refractivity contribution in [2.45, 2.75) is 80.7 Å². The molecule has 3 aliphatic carbocycles. The standard InChI is InChI=1S/C21H31N3O2S2/c1-14-22-19(24-26-14)20(8-3-2-4-9-20)23-18(25)15-12-16-6-5-7-17(13-15)21(16)27-10-11-28-21/h15-17H,2-13H2,1H3,(H,23,25). The maximum Gasteiger partial charge on any atom is 0.223 e. The number of hydrogen-bond acceptors (Lipinski definition) is 6. The highest BCUT2D eigenvalue weighted by Gasteiger charge is 2.55. The van der Waals surface area contributed by atoms with E-state index in [1.807, 2.05) is 6.92 Å². The van der Waals surface area contributed by atoms with Crippen LogP contribution in [0.1, 0.15) is 75.9 Å². The summed E-state index contributed by atoms with van der Waals surface area (Å²) in [7, 11) is 0. The number of nitrogens with one attached hydrogen (secondary N) is 1. The molecule has 5 rings (SSSR count). The molecule has 2 bridgehead atoms. The average Bonchev–Trinajstić information content (AvgIpc) is 3.32. The molecule has 0 aromatic carbocycles. The van der Waals surface area contributed by atoms with E-state index >= 15 is 0 Å². The van der Waals surface area contributed by atoms with E-state index in [0.29, 0.717) is 27.6 Å². The summed E-state index contributed by atoms with van der Waals surface area (Å²) in [6.45, 7) is 1.83. The lowest BCUT2D eigenvalue weighted by atomic mass is 9.66. The maximum absolute atomic E-state index is 13.5. The zero-order valence-electron chi connectivity index (χ0n) is 16.7. The Balaban J connectivity index is 1.35. The number of amides is 1. The summed E-state index contributed by atoms with van der Waals surface area (Å²) in [5.74, 6) is 5.62. The zero-order chi connectivity index (χ0) is 19.2. The fourth-order valence-electron chi connectivity index (χ4n) is 6.21. The van der Waals surface area contributed by atoms with E-state index in [9.17, 15) is 4.79 Å². The van der Waals surface area contributed by atoms with E-state index in [4.69, 9.17) is 4.52 Å². The van der Waals surface area contributed by atoms with Crippen molar-refractivity contribution in [3.8, 4) is 0 Å². The minimum atomic E-state index is -0.422.